The number of sulfonamides is 1. The van der Waals surface area contributed by atoms with Gasteiger partial charge in [-0.05, 0) is 73.2 Å². The highest BCUT2D eigenvalue weighted by Crippen LogP contribution is 2.28. The van der Waals surface area contributed by atoms with E-state index >= 15 is 0 Å². The van der Waals surface area contributed by atoms with Crippen LogP contribution >= 0.6 is 34.8 Å². The minimum atomic E-state index is -4.10. The Kier molecular flexibility index (Phi) is 9.54. The lowest BCUT2D eigenvalue weighted by molar-refractivity contribution is -0.121. The predicted molar refractivity (Wildman–Crippen MR) is 139 cm³/mol. The van der Waals surface area contributed by atoms with Crippen LogP contribution in [0.1, 0.15) is 18.1 Å². The molecule has 0 heterocycles. The number of carbonyl (C=O) groups is 1. The number of ether oxygens (including phenoxy) is 1. The SMILES string of the molecule is CCOc1ccc(/C=N\NC(=O)CN(Cc2c(Cl)cccc2Cl)S(=O)(=O)c2ccc(Cl)cc2)cc1. The molecule has 0 aliphatic heterocycles. The Morgan fingerprint density at radius 2 is 1.63 bits per heavy atom. The lowest BCUT2D eigenvalue weighted by atomic mass is 10.2. The summed E-state index contributed by atoms with van der Waals surface area (Å²) < 4.78 is 33.1. The quantitative estimate of drug-likeness (QED) is 0.269. The second kappa shape index (κ2) is 12.4. The maximum Gasteiger partial charge on any atom is 0.255 e. The van der Waals surface area contributed by atoms with Gasteiger partial charge in [0.15, 0.2) is 0 Å². The molecular formula is C24H22Cl3N3O4S. The molecule has 0 fully saturated rings. The van der Waals surface area contributed by atoms with Crippen LogP contribution in [0.3, 0.4) is 0 Å². The molecule has 0 saturated heterocycles. The molecule has 7 nitrogen and oxygen atoms in total. The molecule has 35 heavy (non-hydrogen) atoms. The number of rotatable bonds is 10. The Morgan fingerprint density at radius 1 is 1.00 bits per heavy atom. The van der Waals surface area contributed by atoms with Crippen LogP contribution in [0.2, 0.25) is 15.1 Å². The van der Waals surface area contributed by atoms with E-state index in [0.717, 1.165) is 15.6 Å². The largest absolute Gasteiger partial charge is 0.494 e. The van der Waals surface area contributed by atoms with Crippen molar-refractivity contribution in [2.75, 3.05) is 13.2 Å². The molecule has 0 saturated carbocycles. The van der Waals surface area contributed by atoms with E-state index in [4.69, 9.17) is 39.5 Å². The summed E-state index contributed by atoms with van der Waals surface area (Å²) in [6, 6.07) is 17.6. The highest BCUT2D eigenvalue weighted by atomic mass is 35.5. The molecular weight excluding hydrogens is 533 g/mol. The van der Waals surface area contributed by atoms with Crippen LogP contribution in [0, 0.1) is 0 Å². The average Bonchev–Trinajstić information content (AvgIpc) is 2.82. The molecule has 0 unspecified atom stereocenters. The van der Waals surface area contributed by atoms with Gasteiger partial charge in [0, 0.05) is 27.2 Å². The Bertz CT molecular complexity index is 1280. The molecule has 1 amide bonds. The zero-order valence-electron chi connectivity index (χ0n) is 18.6. The van der Waals surface area contributed by atoms with E-state index in [1.54, 1.807) is 42.5 Å². The third-order valence-corrected chi connectivity index (χ3v) is 7.53. The number of hydrogen-bond acceptors (Lipinski definition) is 5. The summed E-state index contributed by atoms with van der Waals surface area (Å²) in [5, 5.41) is 4.86. The molecule has 3 aromatic carbocycles. The van der Waals surface area contributed by atoms with Gasteiger partial charge >= 0.3 is 0 Å². The molecule has 11 heteroatoms. The van der Waals surface area contributed by atoms with Gasteiger partial charge in [-0.3, -0.25) is 4.79 Å². The third-order valence-electron chi connectivity index (χ3n) is 4.76. The van der Waals surface area contributed by atoms with E-state index in [9.17, 15) is 13.2 Å². The summed E-state index contributed by atoms with van der Waals surface area (Å²) in [5.74, 6) is 0.0721. The molecule has 0 atom stereocenters. The smallest absolute Gasteiger partial charge is 0.255 e. The molecule has 3 rings (SSSR count). The van der Waals surface area contributed by atoms with E-state index in [0.29, 0.717) is 17.2 Å². The number of amides is 1. The summed E-state index contributed by atoms with van der Waals surface area (Å²) in [4.78, 5) is 12.6. The van der Waals surface area contributed by atoms with Crippen molar-refractivity contribution in [2.24, 2.45) is 5.10 Å². The lowest BCUT2D eigenvalue weighted by Crippen LogP contribution is -2.39. The summed E-state index contributed by atoms with van der Waals surface area (Å²) in [5.41, 5.74) is 3.45. The van der Waals surface area contributed by atoms with Gasteiger partial charge in [-0.15, -0.1) is 0 Å². The fraction of sp³-hybridized carbons (Fsp3) is 0.167. The molecule has 0 aliphatic carbocycles. The van der Waals surface area contributed by atoms with Crippen LogP contribution in [0.25, 0.3) is 0 Å². The van der Waals surface area contributed by atoms with E-state index in [2.05, 4.69) is 10.5 Å². The number of benzene rings is 3. The van der Waals surface area contributed by atoms with Crippen LogP contribution in [-0.2, 0) is 21.4 Å². The Balaban J connectivity index is 1.79. The van der Waals surface area contributed by atoms with Crippen molar-refractivity contribution in [1.82, 2.24) is 9.73 Å². The molecule has 0 aliphatic rings. The summed E-state index contributed by atoms with van der Waals surface area (Å²) in [7, 11) is -4.10. The minimum absolute atomic E-state index is 0.0317. The molecule has 0 radical (unpaired) electrons. The van der Waals surface area contributed by atoms with Gasteiger partial charge in [-0.2, -0.15) is 9.41 Å². The number of hydrazone groups is 1. The Hall–Kier alpha value is -2.62. The van der Waals surface area contributed by atoms with Crippen LogP contribution in [0.4, 0.5) is 0 Å². The number of carbonyl (C=O) groups excluding carboxylic acids is 1. The molecule has 184 valence electrons. The molecule has 0 spiro atoms. The molecule has 1 N–H and O–H groups in total. The Labute approximate surface area is 219 Å². The van der Waals surface area contributed by atoms with Crippen molar-refractivity contribution in [1.29, 1.82) is 0 Å². The summed E-state index contributed by atoms with van der Waals surface area (Å²) in [6.45, 7) is 1.70. The van der Waals surface area contributed by atoms with Crippen LogP contribution in [0.15, 0.2) is 76.7 Å². The van der Waals surface area contributed by atoms with E-state index < -0.39 is 22.5 Å². The van der Waals surface area contributed by atoms with Crippen molar-refractivity contribution < 1.29 is 17.9 Å². The van der Waals surface area contributed by atoms with E-state index in [1.807, 2.05) is 6.92 Å². The van der Waals surface area contributed by atoms with E-state index in [-0.39, 0.29) is 21.5 Å². The highest BCUT2D eigenvalue weighted by molar-refractivity contribution is 7.89. The van der Waals surface area contributed by atoms with Crippen molar-refractivity contribution in [3.8, 4) is 5.75 Å². The zero-order chi connectivity index (χ0) is 25.4. The van der Waals surface area contributed by atoms with Gasteiger partial charge in [-0.25, -0.2) is 13.8 Å². The highest BCUT2D eigenvalue weighted by Gasteiger charge is 2.28. The van der Waals surface area contributed by atoms with Gasteiger partial charge in [0.1, 0.15) is 5.75 Å². The zero-order valence-corrected chi connectivity index (χ0v) is 21.7. The second-order valence-corrected chi connectivity index (χ2v) is 10.4. The first kappa shape index (κ1) is 27.0. The predicted octanol–water partition coefficient (Wildman–Crippen LogP) is 5.39. The number of nitrogens with zero attached hydrogens (tertiary/aromatic N) is 2. The van der Waals surface area contributed by atoms with Crippen LogP contribution in [-0.4, -0.2) is 38.0 Å². The fourth-order valence-electron chi connectivity index (χ4n) is 3.03. The molecule has 3 aromatic rings. The van der Waals surface area contributed by atoms with E-state index in [1.165, 1.54) is 30.5 Å². The normalized spacial score (nSPS) is 11.7. The molecule has 0 bridgehead atoms. The average molecular weight is 555 g/mol. The third kappa shape index (κ3) is 7.43. The Morgan fingerprint density at radius 3 is 2.23 bits per heavy atom. The van der Waals surface area contributed by atoms with Crippen LogP contribution in [0.5, 0.6) is 5.75 Å². The van der Waals surface area contributed by atoms with Crippen LogP contribution < -0.4 is 10.2 Å². The first-order chi connectivity index (χ1) is 16.7. The minimum Gasteiger partial charge on any atom is -0.494 e. The van der Waals surface area contributed by atoms with Gasteiger partial charge in [-0.1, -0.05) is 40.9 Å². The van der Waals surface area contributed by atoms with Crippen molar-refractivity contribution in [3.05, 3.63) is 92.9 Å². The fourth-order valence-corrected chi connectivity index (χ4v) is 5.04. The number of nitrogens with one attached hydrogen (secondary N) is 1. The maximum absolute atomic E-state index is 13.4. The number of halogens is 3. The topological polar surface area (TPSA) is 88.1 Å². The molecule has 0 aromatic heterocycles. The van der Waals surface area contributed by atoms with Gasteiger partial charge in [0.05, 0.1) is 24.3 Å². The second-order valence-electron chi connectivity index (χ2n) is 7.22. The first-order valence-corrected chi connectivity index (χ1v) is 13.0. The standard InChI is InChI=1S/C24H22Cl3N3O4S/c1-2-34-19-10-6-17(7-11-19)14-28-29-24(31)16-30(15-21-22(26)4-3-5-23(21)27)35(32,33)20-12-8-18(25)9-13-20/h3-14H,2,15-16H2,1H3,(H,29,31)/b28-14-. The number of hydrogen-bond donors (Lipinski definition) is 1. The maximum atomic E-state index is 13.4. The van der Waals surface area contributed by atoms with Gasteiger partial charge in [0.25, 0.3) is 5.91 Å². The van der Waals surface area contributed by atoms with Gasteiger partial charge in [0.2, 0.25) is 10.0 Å². The lowest BCUT2D eigenvalue weighted by Gasteiger charge is -2.22. The monoisotopic (exact) mass is 553 g/mol. The van der Waals surface area contributed by atoms with Crippen molar-refractivity contribution >= 4 is 56.9 Å². The van der Waals surface area contributed by atoms with Crippen molar-refractivity contribution in [2.45, 2.75) is 18.4 Å². The summed E-state index contributed by atoms with van der Waals surface area (Å²) >= 11 is 18.4. The van der Waals surface area contributed by atoms with Gasteiger partial charge < -0.3 is 4.74 Å². The first-order valence-electron chi connectivity index (χ1n) is 10.4. The van der Waals surface area contributed by atoms with Crippen molar-refractivity contribution in [3.63, 3.8) is 0 Å². The summed E-state index contributed by atoms with van der Waals surface area (Å²) in [6.07, 6.45) is 1.44.